The van der Waals surface area contributed by atoms with E-state index in [4.69, 9.17) is 16.3 Å². The van der Waals surface area contributed by atoms with Gasteiger partial charge in [0.05, 0.1) is 5.02 Å². The molecule has 1 aromatic carbocycles. The van der Waals surface area contributed by atoms with Crippen LogP contribution in [0.2, 0.25) is 5.02 Å². The van der Waals surface area contributed by atoms with Crippen LogP contribution in [0.25, 0.3) is 0 Å². The largest absolute Gasteiger partial charge is 0.489 e. The third-order valence-electron chi connectivity index (χ3n) is 3.28. The third-order valence-corrected chi connectivity index (χ3v) is 3.57. The number of hydrogen-bond donors (Lipinski definition) is 3. The number of nitrogens with one attached hydrogen (secondary N) is 2. The Morgan fingerprint density at radius 3 is 2.73 bits per heavy atom. The van der Waals surface area contributed by atoms with E-state index in [9.17, 15) is 9.90 Å². The molecule has 1 rings (SSSR count). The number of ether oxygens (including phenoxy) is 1. The molecule has 0 radical (unpaired) electrons. The first-order valence-electron chi connectivity index (χ1n) is 7.59. The Morgan fingerprint density at radius 1 is 1.41 bits per heavy atom. The first-order valence-corrected chi connectivity index (χ1v) is 7.97. The molecule has 0 saturated carbocycles. The lowest BCUT2D eigenvalue weighted by Gasteiger charge is -2.17. The van der Waals surface area contributed by atoms with Crippen molar-refractivity contribution in [1.82, 2.24) is 10.6 Å². The highest BCUT2D eigenvalue weighted by Crippen LogP contribution is 2.25. The Bertz CT molecular complexity index is 482. The number of benzene rings is 1. The highest BCUT2D eigenvalue weighted by Gasteiger charge is 2.11. The van der Waals surface area contributed by atoms with Gasteiger partial charge in [-0.25, -0.2) is 0 Å². The first kappa shape index (κ1) is 18.7. The van der Waals surface area contributed by atoms with Crippen molar-refractivity contribution in [1.29, 1.82) is 0 Å². The average Bonchev–Trinajstić information content (AvgIpc) is 2.51. The summed E-state index contributed by atoms with van der Waals surface area (Å²) in [7, 11) is 0. The fraction of sp³-hybridized carbons (Fsp3) is 0.562. The molecule has 3 N–H and O–H groups in total. The van der Waals surface area contributed by atoms with Crippen LogP contribution >= 0.6 is 11.6 Å². The van der Waals surface area contributed by atoms with Crippen molar-refractivity contribution in [3.05, 3.63) is 28.8 Å². The molecule has 0 aromatic heterocycles. The second-order valence-electron chi connectivity index (χ2n) is 5.19. The lowest BCUT2D eigenvalue weighted by atomic mass is 10.2. The maximum absolute atomic E-state index is 11.7. The minimum absolute atomic E-state index is 0.143. The molecule has 5 nitrogen and oxygen atoms in total. The molecule has 0 spiro atoms. The first-order chi connectivity index (χ1) is 10.5. The topological polar surface area (TPSA) is 70.6 Å². The van der Waals surface area contributed by atoms with E-state index in [1.54, 1.807) is 18.2 Å². The second kappa shape index (κ2) is 9.66. The maximum Gasteiger partial charge on any atom is 0.251 e. The lowest BCUT2D eigenvalue weighted by molar-refractivity contribution is 0.0954. The van der Waals surface area contributed by atoms with Crippen molar-refractivity contribution in [2.45, 2.75) is 39.3 Å². The molecular formula is C16H25ClN2O3. The molecule has 0 unspecified atom stereocenters. The van der Waals surface area contributed by atoms with Crippen molar-refractivity contribution < 1.29 is 14.6 Å². The van der Waals surface area contributed by atoms with Crippen LogP contribution < -0.4 is 15.4 Å². The molecule has 0 aliphatic rings. The van der Waals surface area contributed by atoms with Gasteiger partial charge in [0, 0.05) is 24.7 Å². The van der Waals surface area contributed by atoms with Gasteiger partial charge in [-0.1, -0.05) is 18.5 Å². The van der Waals surface area contributed by atoms with Gasteiger partial charge in [0.25, 0.3) is 5.91 Å². The van der Waals surface area contributed by atoms with E-state index < -0.39 is 6.10 Å². The van der Waals surface area contributed by atoms with Crippen LogP contribution in [0.5, 0.6) is 5.75 Å². The highest BCUT2D eigenvalue weighted by molar-refractivity contribution is 6.32. The molecule has 1 aromatic rings. The van der Waals surface area contributed by atoms with E-state index in [0.717, 1.165) is 6.42 Å². The summed E-state index contributed by atoms with van der Waals surface area (Å²) < 4.78 is 5.51. The van der Waals surface area contributed by atoms with E-state index in [0.29, 0.717) is 35.5 Å². The zero-order valence-electron chi connectivity index (χ0n) is 13.4. The van der Waals surface area contributed by atoms with Gasteiger partial charge in [0.2, 0.25) is 0 Å². The Labute approximate surface area is 137 Å². The third kappa shape index (κ3) is 6.22. The molecule has 124 valence electrons. The molecular weight excluding hydrogens is 304 g/mol. The predicted molar refractivity (Wildman–Crippen MR) is 88.7 cm³/mol. The van der Waals surface area contributed by atoms with Crippen molar-refractivity contribution in [3.8, 4) is 5.75 Å². The van der Waals surface area contributed by atoms with Crippen molar-refractivity contribution in [2.75, 3.05) is 19.7 Å². The number of aliphatic hydroxyl groups is 1. The van der Waals surface area contributed by atoms with E-state index >= 15 is 0 Å². The SMILES string of the molecule is CCNC(=O)c1ccc(OC[C@@H](O)CN[C@H](C)CC)c(Cl)c1. The standard InChI is InChI=1S/C16H25ClN2O3/c1-4-11(3)19-9-13(20)10-22-15-7-6-12(8-14(15)17)16(21)18-5-2/h6-8,11,13,19-20H,4-5,9-10H2,1-3H3,(H,18,21)/t11-,13+/m1/s1. The zero-order valence-corrected chi connectivity index (χ0v) is 14.1. The minimum Gasteiger partial charge on any atom is -0.489 e. The van der Waals surface area contributed by atoms with Crippen LogP contribution in [0.1, 0.15) is 37.6 Å². The van der Waals surface area contributed by atoms with Crippen LogP contribution in [-0.4, -0.2) is 42.9 Å². The van der Waals surface area contributed by atoms with Gasteiger partial charge < -0.3 is 20.5 Å². The molecule has 0 saturated heterocycles. The molecule has 0 bridgehead atoms. The minimum atomic E-state index is -0.617. The molecule has 0 aliphatic heterocycles. The van der Waals surface area contributed by atoms with Crippen molar-refractivity contribution >= 4 is 17.5 Å². The van der Waals surface area contributed by atoms with Crippen LogP contribution in [0.15, 0.2) is 18.2 Å². The summed E-state index contributed by atoms with van der Waals surface area (Å²) in [5.41, 5.74) is 0.484. The van der Waals surface area contributed by atoms with Crippen LogP contribution in [0.3, 0.4) is 0 Å². The molecule has 22 heavy (non-hydrogen) atoms. The smallest absolute Gasteiger partial charge is 0.251 e. The average molecular weight is 329 g/mol. The fourth-order valence-electron chi connectivity index (χ4n) is 1.75. The van der Waals surface area contributed by atoms with E-state index in [2.05, 4.69) is 24.5 Å². The molecule has 2 atom stereocenters. The normalized spacial score (nSPS) is 13.5. The maximum atomic E-state index is 11.7. The Hall–Kier alpha value is -1.30. The number of aliphatic hydroxyl groups excluding tert-OH is 1. The van der Waals surface area contributed by atoms with E-state index in [-0.39, 0.29) is 12.5 Å². The fourth-order valence-corrected chi connectivity index (χ4v) is 1.98. The summed E-state index contributed by atoms with van der Waals surface area (Å²) in [4.78, 5) is 11.7. The molecule has 1 amide bonds. The summed E-state index contributed by atoms with van der Waals surface area (Å²) >= 11 is 6.10. The van der Waals surface area contributed by atoms with Crippen molar-refractivity contribution in [2.24, 2.45) is 0 Å². The summed E-state index contributed by atoms with van der Waals surface area (Å²) in [6.45, 7) is 7.16. The number of rotatable bonds is 9. The predicted octanol–water partition coefficient (Wildman–Crippen LogP) is 2.22. The van der Waals surface area contributed by atoms with E-state index in [1.165, 1.54) is 0 Å². The second-order valence-corrected chi connectivity index (χ2v) is 5.59. The number of halogens is 1. The monoisotopic (exact) mass is 328 g/mol. The molecule has 0 aliphatic carbocycles. The Kier molecular flexibility index (Phi) is 8.24. The molecule has 0 fully saturated rings. The summed E-state index contributed by atoms with van der Waals surface area (Å²) in [6.07, 6.45) is 0.383. The Balaban J connectivity index is 2.51. The number of amides is 1. The van der Waals surface area contributed by atoms with Gasteiger partial charge >= 0.3 is 0 Å². The van der Waals surface area contributed by atoms with E-state index in [1.807, 2.05) is 6.92 Å². The van der Waals surface area contributed by atoms with Gasteiger partial charge in [-0.15, -0.1) is 0 Å². The zero-order chi connectivity index (χ0) is 16.5. The summed E-state index contributed by atoms with van der Waals surface area (Å²) in [5.74, 6) is 0.283. The highest BCUT2D eigenvalue weighted by atomic mass is 35.5. The number of carbonyl (C=O) groups is 1. The summed E-state index contributed by atoms with van der Waals surface area (Å²) in [6, 6.07) is 5.21. The van der Waals surface area contributed by atoms with Gasteiger partial charge in [0.1, 0.15) is 18.5 Å². The quantitative estimate of drug-likeness (QED) is 0.650. The van der Waals surface area contributed by atoms with Gasteiger partial charge in [-0.3, -0.25) is 4.79 Å². The van der Waals surface area contributed by atoms with Crippen LogP contribution in [0.4, 0.5) is 0 Å². The number of carbonyl (C=O) groups excluding carboxylic acids is 1. The van der Waals surface area contributed by atoms with Crippen molar-refractivity contribution in [3.63, 3.8) is 0 Å². The van der Waals surface area contributed by atoms with Crippen LogP contribution in [-0.2, 0) is 0 Å². The molecule has 6 heteroatoms. The molecule has 0 heterocycles. The lowest BCUT2D eigenvalue weighted by Crippen LogP contribution is -2.36. The Morgan fingerprint density at radius 2 is 2.14 bits per heavy atom. The van der Waals surface area contributed by atoms with Gasteiger partial charge in [-0.05, 0) is 38.5 Å². The van der Waals surface area contributed by atoms with Gasteiger partial charge in [0.15, 0.2) is 0 Å². The van der Waals surface area contributed by atoms with Crippen LogP contribution in [0, 0.1) is 0 Å². The summed E-state index contributed by atoms with van der Waals surface area (Å²) in [5, 5.41) is 16.1. The number of hydrogen-bond acceptors (Lipinski definition) is 4. The van der Waals surface area contributed by atoms with Gasteiger partial charge in [-0.2, -0.15) is 0 Å².